The number of thiazole rings is 1. The Morgan fingerprint density at radius 1 is 1.36 bits per heavy atom. The highest BCUT2D eigenvalue weighted by molar-refractivity contribution is 7.15. The number of nitrogens with one attached hydrogen (secondary N) is 1. The van der Waals surface area contributed by atoms with Gasteiger partial charge in [-0.3, -0.25) is 14.7 Å². The van der Waals surface area contributed by atoms with Crippen LogP contribution < -0.4 is 5.32 Å². The minimum atomic E-state index is -0.322. The first-order chi connectivity index (χ1) is 12.1. The zero-order chi connectivity index (χ0) is 17.4. The van der Waals surface area contributed by atoms with E-state index in [0.29, 0.717) is 22.4 Å². The Morgan fingerprint density at radius 2 is 2.16 bits per heavy atom. The van der Waals surface area contributed by atoms with Gasteiger partial charge in [-0.05, 0) is 49.4 Å². The number of nitrogens with zero attached hydrogens (tertiary/aromatic N) is 3. The summed E-state index contributed by atoms with van der Waals surface area (Å²) in [6.07, 6.45) is 6.17. The molecule has 1 unspecified atom stereocenters. The van der Waals surface area contributed by atoms with Crippen molar-refractivity contribution in [3.63, 3.8) is 0 Å². The Labute approximate surface area is 148 Å². The number of amides is 1. The highest BCUT2D eigenvalue weighted by Gasteiger charge is 2.21. The van der Waals surface area contributed by atoms with E-state index in [-0.39, 0.29) is 11.7 Å². The van der Waals surface area contributed by atoms with Gasteiger partial charge >= 0.3 is 0 Å². The van der Waals surface area contributed by atoms with Gasteiger partial charge in [0.2, 0.25) is 0 Å². The van der Waals surface area contributed by atoms with Gasteiger partial charge in [-0.1, -0.05) is 6.92 Å². The maximum atomic E-state index is 13.1. The molecule has 1 aliphatic rings. The number of imidazole rings is 1. The molecule has 2 aromatic heterocycles. The molecule has 0 fully saturated rings. The van der Waals surface area contributed by atoms with Gasteiger partial charge in [0.1, 0.15) is 11.5 Å². The van der Waals surface area contributed by atoms with Gasteiger partial charge in [-0.2, -0.15) is 0 Å². The molecule has 3 aromatic rings. The van der Waals surface area contributed by atoms with E-state index in [1.807, 2.05) is 0 Å². The van der Waals surface area contributed by atoms with E-state index >= 15 is 0 Å². The second kappa shape index (κ2) is 6.40. The van der Waals surface area contributed by atoms with E-state index in [0.717, 1.165) is 25.0 Å². The minimum Gasteiger partial charge on any atom is -0.296 e. The van der Waals surface area contributed by atoms with Crippen LogP contribution in [0.15, 0.2) is 36.8 Å². The van der Waals surface area contributed by atoms with Crippen LogP contribution in [0.3, 0.4) is 0 Å². The van der Waals surface area contributed by atoms with Crippen molar-refractivity contribution in [3.8, 4) is 5.69 Å². The second-order valence-electron chi connectivity index (χ2n) is 6.32. The third-order valence-electron chi connectivity index (χ3n) is 4.38. The summed E-state index contributed by atoms with van der Waals surface area (Å²) >= 11 is 1.55. The molecule has 0 spiro atoms. The van der Waals surface area contributed by atoms with Gasteiger partial charge in [0, 0.05) is 10.6 Å². The lowest BCUT2D eigenvalue weighted by atomic mass is 9.93. The van der Waals surface area contributed by atoms with E-state index in [1.54, 1.807) is 28.0 Å². The quantitative estimate of drug-likeness (QED) is 0.775. The summed E-state index contributed by atoms with van der Waals surface area (Å²) in [5, 5.41) is 3.49. The Morgan fingerprint density at radius 3 is 2.96 bits per heavy atom. The Balaban J connectivity index is 1.56. The monoisotopic (exact) mass is 356 g/mol. The molecule has 0 aliphatic heterocycles. The maximum absolute atomic E-state index is 13.1. The first-order valence-electron chi connectivity index (χ1n) is 8.18. The predicted octanol–water partition coefficient (Wildman–Crippen LogP) is 3.85. The smallest absolute Gasteiger partial charge is 0.276 e. The number of aryl methyl sites for hydroxylation is 1. The highest BCUT2D eigenvalue weighted by Crippen LogP contribution is 2.32. The average Bonchev–Trinajstić information content (AvgIpc) is 3.21. The fourth-order valence-electron chi connectivity index (χ4n) is 3.02. The van der Waals surface area contributed by atoms with E-state index in [4.69, 9.17) is 0 Å². The summed E-state index contributed by atoms with van der Waals surface area (Å²) in [4.78, 5) is 22.5. The number of halogens is 1. The topological polar surface area (TPSA) is 59.8 Å². The van der Waals surface area contributed by atoms with Crippen LogP contribution in [-0.4, -0.2) is 20.4 Å². The molecule has 2 heterocycles. The molecular formula is C18H17FN4OS. The van der Waals surface area contributed by atoms with Crippen molar-refractivity contribution in [1.82, 2.24) is 14.5 Å². The summed E-state index contributed by atoms with van der Waals surface area (Å²) in [6.45, 7) is 2.24. The van der Waals surface area contributed by atoms with Crippen LogP contribution in [0.2, 0.25) is 0 Å². The van der Waals surface area contributed by atoms with Gasteiger partial charge in [-0.15, -0.1) is 11.3 Å². The van der Waals surface area contributed by atoms with E-state index in [2.05, 4.69) is 22.2 Å². The van der Waals surface area contributed by atoms with Crippen LogP contribution in [0.1, 0.15) is 34.4 Å². The van der Waals surface area contributed by atoms with Crippen molar-refractivity contribution in [2.45, 2.75) is 26.2 Å². The first kappa shape index (κ1) is 16.0. The summed E-state index contributed by atoms with van der Waals surface area (Å²) < 4.78 is 14.7. The standard InChI is InChI=1S/C18H17FN4OS/c1-11-2-7-14-16(8-11)25-18(21-14)22-17(24)15-9-20-10-23(15)13-5-3-12(19)4-6-13/h3-6,9-11H,2,7-8H2,1H3,(H,21,22,24). The maximum Gasteiger partial charge on any atom is 0.276 e. The number of anilines is 1. The molecule has 1 aliphatic carbocycles. The van der Waals surface area contributed by atoms with Gasteiger partial charge in [0.05, 0.1) is 18.2 Å². The molecule has 5 nitrogen and oxygen atoms in total. The molecule has 0 saturated carbocycles. The Kier molecular flexibility index (Phi) is 4.09. The van der Waals surface area contributed by atoms with Crippen molar-refractivity contribution in [2.24, 2.45) is 5.92 Å². The molecule has 128 valence electrons. The normalized spacial score (nSPS) is 16.5. The van der Waals surface area contributed by atoms with Gasteiger partial charge in [0.15, 0.2) is 5.13 Å². The van der Waals surface area contributed by atoms with Crippen molar-refractivity contribution >= 4 is 22.4 Å². The van der Waals surface area contributed by atoms with Crippen molar-refractivity contribution in [1.29, 1.82) is 0 Å². The van der Waals surface area contributed by atoms with Crippen LogP contribution in [0.25, 0.3) is 5.69 Å². The van der Waals surface area contributed by atoms with Gasteiger partial charge in [0.25, 0.3) is 5.91 Å². The van der Waals surface area contributed by atoms with Crippen LogP contribution in [0, 0.1) is 11.7 Å². The van der Waals surface area contributed by atoms with Crippen LogP contribution in [-0.2, 0) is 12.8 Å². The second-order valence-corrected chi connectivity index (χ2v) is 7.40. The number of carbonyl (C=O) groups excluding carboxylic acids is 1. The van der Waals surface area contributed by atoms with Crippen LogP contribution in [0.4, 0.5) is 9.52 Å². The molecule has 1 N–H and O–H groups in total. The van der Waals surface area contributed by atoms with E-state index in [9.17, 15) is 9.18 Å². The number of aromatic nitrogens is 3. The number of hydrogen-bond donors (Lipinski definition) is 1. The van der Waals surface area contributed by atoms with Crippen molar-refractivity contribution in [3.05, 3.63) is 58.9 Å². The highest BCUT2D eigenvalue weighted by atomic mass is 32.1. The number of rotatable bonds is 3. The zero-order valence-electron chi connectivity index (χ0n) is 13.7. The van der Waals surface area contributed by atoms with Gasteiger partial charge in [-0.25, -0.2) is 14.4 Å². The molecule has 4 rings (SSSR count). The lowest BCUT2D eigenvalue weighted by Crippen LogP contribution is -2.16. The number of carbonyl (C=O) groups is 1. The molecule has 0 bridgehead atoms. The fourth-order valence-corrected chi connectivity index (χ4v) is 4.19. The Bertz CT molecular complexity index is 916. The summed E-state index contributed by atoms with van der Waals surface area (Å²) in [5.74, 6) is 0.0647. The zero-order valence-corrected chi connectivity index (χ0v) is 14.5. The number of benzene rings is 1. The van der Waals surface area contributed by atoms with Crippen LogP contribution >= 0.6 is 11.3 Å². The molecule has 25 heavy (non-hydrogen) atoms. The third-order valence-corrected chi connectivity index (χ3v) is 5.42. The molecule has 1 amide bonds. The van der Waals surface area contributed by atoms with E-state index < -0.39 is 0 Å². The Hall–Kier alpha value is -2.54. The lowest BCUT2D eigenvalue weighted by Gasteiger charge is -2.15. The summed E-state index contributed by atoms with van der Waals surface area (Å²) in [5.41, 5.74) is 2.16. The molecule has 0 radical (unpaired) electrons. The number of hydrogen-bond acceptors (Lipinski definition) is 4. The molecular weight excluding hydrogens is 339 g/mol. The fraction of sp³-hybridized carbons (Fsp3) is 0.278. The molecule has 1 atom stereocenters. The van der Waals surface area contributed by atoms with Gasteiger partial charge < -0.3 is 0 Å². The SMILES string of the molecule is CC1CCc2nc(NC(=O)c3cncn3-c3ccc(F)cc3)sc2C1. The largest absolute Gasteiger partial charge is 0.296 e. The van der Waals surface area contributed by atoms with Crippen molar-refractivity contribution < 1.29 is 9.18 Å². The molecule has 0 saturated heterocycles. The molecule has 7 heteroatoms. The van der Waals surface area contributed by atoms with Crippen LogP contribution in [0.5, 0.6) is 0 Å². The molecule has 1 aromatic carbocycles. The summed E-state index contributed by atoms with van der Waals surface area (Å²) in [6, 6.07) is 5.93. The summed E-state index contributed by atoms with van der Waals surface area (Å²) in [7, 11) is 0. The lowest BCUT2D eigenvalue weighted by molar-refractivity contribution is 0.102. The first-order valence-corrected chi connectivity index (χ1v) is 9.00. The third kappa shape index (κ3) is 3.19. The predicted molar refractivity (Wildman–Crippen MR) is 94.8 cm³/mol. The minimum absolute atomic E-state index is 0.277. The van der Waals surface area contributed by atoms with E-state index in [1.165, 1.54) is 29.5 Å². The average molecular weight is 356 g/mol. The number of fused-ring (bicyclic) bond motifs is 1. The van der Waals surface area contributed by atoms with Crippen molar-refractivity contribution in [2.75, 3.05) is 5.32 Å².